The van der Waals surface area contributed by atoms with Gasteiger partial charge in [0.15, 0.2) is 0 Å². The minimum atomic E-state index is -4.21. The molecule has 0 aliphatic carbocycles. The highest BCUT2D eigenvalue weighted by atomic mass is 32.1. The summed E-state index contributed by atoms with van der Waals surface area (Å²) in [6.45, 7) is 6.12. The Bertz CT molecular complexity index is 373. The van der Waals surface area contributed by atoms with Crippen LogP contribution in [0.4, 0.5) is 13.2 Å². The van der Waals surface area contributed by atoms with E-state index in [4.69, 9.17) is 4.74 Å². The SMILES string of the molecule is CC(C)(C)NCc1nnc(OCCC(F)(F)F)s1. The molecule has 0 saturated heterocycles. The summed E-state index contributed by atoms with van der Waals surface area (Å²) in [6, 6.07) is 0. The molecular weight excluding hydrogens is 267 g/mol. The van der Waals surface area contributed by atoms with Crippen LogP contribution in [0.2, 0.25) is 0 Å². The highest BCUT2D eigenvalue weighted by molar-refractivity contribution is 7.13. The van der Waals surface area contributed by atoms with Gasteiger partial charge in [-0.15, -0.1) is 10.2 Å². The number of hydrogen-bond acceptors (Lipinski definition) is 5. The van der Waals surface area contributed by atoms with Crippen molar-refractivity contribution in [2.45, 2.75) is 45.5 Å². The number of rotatable bonds is 5. The summed E-state index contributed by atoms with van der Waals surface area (Å²) in [6.07, 6.45) is -5.19. The van der Waals surface area contributed by atoms with E-state index >= 15 is 0 Å². The molecule has 0 aliphatic rings. The van der Waals surface area contributed by atoms with E-state index in [2.05, 4.69) is 15.5 Å². The number of nitrogens with zero attached hydrogens (tertiary/aromatic N) is 2. The third kappa shape index (κ3) is 6.75. The van der Waals surface area contributed by atoms with Gasteiger partial charge in [0.1, 0.15) is 5.01 Å². The molecule has 0 unspecified atom stereocenters. The van der Waals surface area contributed by atoms with Crippen LogP contribution in [0.3, 0.4) is 0 Å². The second kappa shape index (κ2) is 5.83. The Kier molecular flexibility index (Phi) is 4.92. The van der Waals surface area contributed by atoms with Gasteiger partial charge in [0.05, 0.1) is 19.6 Å². The Balaban J connectivity index is 2.35. The predicted molar refractivity (Wildman–Crippen MR) is 62.7 cm³/mol. The minimum absolute atomic E-state index is 0.0526. The van der Waals surface area contributed by atoms with Crippen LogP contribution in [0, 0.1) is 0 Å². The van der Waals surface area contributed by atoms with Crippen molar-refractivity contribution in [2.75, 3.05) is 6.61 Å². The Morgan fingerprint density at radius 1 is 1.22 bits per heavy atom. The second-order valence-electron chi connectivity index (χ2n) is 4.78. The molecule has 18 heavy (non-hydrogen) atoms. The lowest BCUT2D eigenvalue weighted by atomic mass is 10.1. The number of halogens is 3. The standard InChI is InChI=1S/C10H16F3N3OS/c1-9(2,3)14-6-7-15-16-8(18-7)17-5-4-10(11,12)13/h14H,4-6H2,1-3H3. The molecule has 4 nitrogen and oxygen atoms in total. The molecule has 8 heteroatoms. The van der Waals surface area contributed by atoms with Crippen molar-refractivity contribution in [1.29, 1.82) is 0 Å². The van der Waals surface area contributed by atoms with Gasteiger partial charge in [-0.25, -0.2) is 0 Å². The number of alkyl halides is 3. The molecule has 0 amide bonds. The zero-order valence-corrected chi connectivity index (χ0v) is 11.3. The number of aromatic nitrogens is 2. The van der Waals surface area contributed by atoms with Crippen LogP contribution in [-0.4, -0.2) is 28.5 Å². The molecule has 1 N–H and O–H groups in total. The van der Waals surface area contributed by atoms with Gasteiger partial charge in [0.2, 0.25) is 0 Å². The zero-order chi connectivity index (χ0) is 13.8. The lowest BCUT2D eigenvalue weighted by Gasteiger charge is -2.19. The summed E-state index contributed by atoms with van der Waals surface area (Å²) >= 11 is 1.15. The smallest absolute Gasteiger partial charge is 0.392 e. The van der Waals surface area contributed by atoms with Crippen molar-refractivity contribution >= 4 is 11.3 Å². The van der Waals surface area contributed by atoms with Crippen molar-refractivity contribution in [3.8, 4) is 5.19 Å². The van der Waals surface area contributed by atoms with Crippen molar-refractivity contribution < 1.29 is 17.9 Å². The second-order valence-corrected chi connectivity index (χ2v) is 5.80. The van der Waals surface area contributed by atoms with Gasteiger partial charge in [-0.2, -0.15) is 13.2 Å². The average Bonchev–Trinajstić information content (AvgIpc) is 2.60. The number of hydrogen-bond donors (Lipinski definition) is 1. The summed E-state index contributed by atoms with van der Waals surface area (Å²) in [5, 5.41) is 11.6. The summed E-state index contributed by atoms with van der Waals surface area (Å²) in [7, 11) is 0. The fourth-order valence-corrected chi connectivity index (χ4v) is 1.61. The molecule has 0 radical (unpaired) electrons. The van der Waals surface area contributed by atoms with Crippen LogP contribution < -0.4 is 10.1 Å². The maximum Gasteiger partial charge on any atom is 0.392 e. The van der Waals surface area contributed by atoms with Gasteiger partial charge in [-0.1, -0.05) is 11.3 Å². The summed E-state index contributed by atoms with van der Waals surface area (Å²) in [5.74, 6) is 0. The van der Waals surface area contributed by atoms with Gasteiger partial charge in [0, 0.05) is 5.54 Å². The summed E-state index contributed by atoms with van der Waals surface area (Å²) in [4.78, 5) is 0. The fourth-order valence-electron chi connectivity index (χ4n) is 0.963. The van der Waals surface area contributed by atoms with Gasteiger partial charge in [0.25, 0.3) is 5.19 Å². The molecule has 1 aromatic rings. The van der Waals surface area contributed by atoms with Crippen molar-refractivity contribution in [3.05, 3.63) is 5.01 Å². The first-order chi connectivity index (χ1) is 8.16. The third-order valence-electron chi connectivity index (χ3n) is 1.83. The molecule has 0 atom stereocenters. The number of ether oxygens (including phenoxy) is 1. The molecule has 1 aromatic heterocycles. The quantitative estimate of drug-likeness (QED) is 0.902. The van der Waals surface area contributed by atoms with E-state index in [-0.39, 0.29) is 10.7 Å². The van der Waals surface area contributed by atoms with E-state index in [1.165, 1.54) is 0 Å². The van der Waals surface area contributed by atoms with E-state index in [9.17, 15) is 13.2 Å². The van der Waals surface area contributed by atoms with E-state index in [0.29, 0.717) is 11.6 Å². The van der Waals surface area contributed by atoms with E-state index in [1.807, 2.05) is 20.8 Å². The van der Waals surface area contributed by atoms with Crippen LogP contribution in [0.15, 0.2) is 0 Å². The molecule has 0 bridgehead atoms. The summed E-state index contributed by atoms with van der Waals surface area (Å²) < 4.78 is 40.6. The van der Waals surface area contributed by atoms with Crippen LogP contribution in [0.5, 0.6) is 5.19 Å². The normalized spacial score (nSPS) is 12.8. The monoisotopic (exact) mass is 283 g/mol. The maximum absolute atomic E-state index is 11.9. The molecule has 0 aliphatic heterocycles. The number of nitrogens with one attached hydrogen (secondary N) is 1. The summed E-state index contributed by atoms with van der Waals surface area (Å²) in [5.41, 5.74) is -0.0526. The van der Waals surface area contributed by atoms with Crippen molar-refractivity contribution in [1.82, 2.24) is 15.5 Å². The molecule has 0 spiro atoms. The molecular formula is C10H16F3N3OS. The van der Waals surface area contributed by atoms with Crippen LogP contribution >= 0.6 is 11.3 Å². The zero-order valence-electron chi connectivity index (χ0n) is 10.5. The highest BCUT2D eigenvalue weighted by Crippen LogP contribution is 2.22. The van der Waals surface area contributed by atoms with Gasteiger partial charge in [-0.05, 0) is 20.8 Å². The Morgan fingerprint density at radius 2 is 1.89 bits per heavy atom. The van der Waals surface area contributed by atoms with E-state index in [1.54, 1.807) is 0 Å². The molecule has 0 aromatic carbocycles. The Labute approximate surface area is 108 Å². The Hall–Kier alpha value is -0.890. The molecule has 104 valence electrons. The van der Waals surface area contributed by atoms with Gasteiger partial charge >= 0.3 is 6.18 Å². The molecule has 0 fully saturated rings. The first-order valence-electron chi connectivity index (χ1n) is 5.43. The minimum Gasteiger partial charge on any atom is -0.469 e. The van der Waals surface area contributed by atoms with Crippen LogP contribution in [0.25, 0.3) is 0 Å². The maximum atomic E-state index is 11.9. The molecule has 0 saturated carbocycles. The molecule has 1 heterocycles. The van der Waals surface area contributed by atoms with E-state index < -0.39 is 19.2 Å². The Morgan fingerprint density at radius 3 is 2.44 bits per heavy atom. The first-order valence-corrected chi connectivity index (χ1v) is 6.24. The van der Waals surface area contributed by atoms with Crippen LogP contribution in [0.1, 0.15) is 32.2 Å². The lowest BCUT2D eigenvalue weighted by Crippen LogP contribution is -2.35. The first kappa shape index (κ1) is 15.2. The van der Waals surface area contributed by atoms with Gasteiger partial charge in [-0.3, -0.25) is 0 Å². The van der Waals surface area contributed by atoms with Crippen molar-refractivity contribution in [3.63, 3.8) is 0 Å². The average molecular weight is 283 g/mol. The van der Waals surface area contributed by atoms with Crippen LogP contribution in [-0.2, 0) is 6.54 Å². The highest BCUT2D eigenvalue weighted by Gasteiger charge is 2.27. The predicted octanol–water partition coefficient (Wildman–Crippen LogP) is 2.76. The largest absolute Gasteiger partial charge is 0.469 e. The molecule has 1 rings (SSSR count). The lowest BCUT2D eigenvalue weighted by molar-refractivity contribution is -0.139. The fraction of sp³-hybridized carbons (Fsp3) is 0.800. The van der Waals surface area contributed by atoms with Crippen molar-refractivity contribution in [2.24, 2.45) is 0 Å². The third-order valence-corrected chi connectivity index (χ3v) is 2.67. The van der Waals surface area contributed by atoms with Gasteiger partial charge < -0.3 is 10.1 Å². The topological polar surface area (TPSA) is 47.0 Å². The van der Waals surface area contributed by atoms with E-state index in [0.717, 1.165) is 11.3 Å².